The molecule has 1 heterocycles. The summed E-state index contributed by atoms with van der Waals surface area (Å²) < 4.78 is 10.1. The quantitative estimate of drug-likeness (QED) is 0.624. The number of nitrogens with one attached hydrogen (secondary N) is 1. The predicted molar refractivity (Wildman–Crippen MR) is 78.0 cm³/mol. The second kappa shape index (κ2) is 7.21. The monoisotopic (exact) mass is 301 g/mol. The summed E-state index contributed by atoms with van der Waals surface area (Å²) in [5, 5.41) is 0. The maximum Gasteiger partial charge on any atom is 0.344 e. The molecule has 114 valence electrons. The Morgan fingerprint density at radius 2 is 1.91 bits per heavy atom. The van der Waals surface area contributed by atoms with Crippen LogP contribution < -0.4 is 4.74 Å². The van der Waals surface area contributed by atoms with Gasteiger partial charge < -0.3 is 14.5 Å². The first-order valence-electron chi connectivity index (χ1n) is 6.62. The van der Waals surface area contributed by atoms with Crippen molar-refractivity contribution >= 4 is 17.5 Å². The van der Waals surface area contributed by atoms with E-state index in [1.807, 2.05) is 0 Å². The molecule has 1 aromatic carbocycles. The molecule has 0 spiro atoms. The molecular weight excluding hydrogens is 286 g/mol. The molecule has 0 fully saturated rings. The number of ketones is 2. The zero-order valence-electron chi connectivity index (χ0n) is 12.0. The second-order valence-corrected chi connectivity index (χ2v) is 4.54. The summed E-state index contributed by atoms with van der Waals surface area (Å²) in [6, 6.07) is 9.76. The minimum absolute atomic E-state index is 0.0930. The zero-order valence-corrected chi connectivity index (χ0v) is 12.0. The molecule has 0 atom stereocenters. The molecule has 6 nitrogen and oxygen atoms in total. The third-order valence-corrected chi connectivity index (χ3v) is 2.86. The van der Waals surface area contributed by atoms with Crippen molar-refractivity contribution in [3.8, 4) is 5.75 Å². The van der Waals surface area contributed by atoms with Gasteiger partial charge in [-0.2, -0.15) is 0 Å². The van der Waals surface area contributed by atoms with Crippen molar-refractivity contribution in [2.45, 2.75) is 6.92 Å². The van der Waals surface area contributed by atoms with Crippen LogP contribution in [0.3, 0.4) is 0 Å². The first-order chi connectivity index (χ1) is 10.6. The summed E-state index contributed by atoms with van der Waals surface area (Å²) in [5.41, 5.74) is 0.871. The summed E-state index contributed by atoms with van der Waals surface area (Å²) in [6.45, 7) is 0.759. The van der Waals surface area contributed by atoms with Gasteiger partial charge in [-0.05, 0) is 31.2 Å². The number of rotatable bonds is 7. The standard InChI is InChI=1S/C16H15NO5/c1-11(18)12-4-2-5-13(8-12)21-10-16(20)22-9-15(19)14-6-3-7-17-14/h2-8,17H,9-10H2,1H3. The Morgan fingerprint density at radius 1 is 1.09 bits per heavy atom. The van der Waals surface area contributed by atoms with Crippen LogP contribution in [0.5, 0.6) is 5.75 Å². The highest BCUT2D eigenvalue weighted by Gasteiger charge is 2.11. The minimum Gasteiger partial charge on any atom is -0.482 e. The minimum atomic E-state index is -0.659. The molecule has 0 unspecified atom stereocenters. The molecule has 1 N–H and O–H groups in total. The lowest BCUT2D eigenvalue weighted by atomic mass is 10.1. The smallest absolute Gasteiger partial charge is 0.344 e. The van der Waals surface area contributed by atoms with Gasteiger partial charge in [-0.1, -0.05) is 12.1 Å². The lowest BCUT2D eigenvalue weighted by Gasteiger charge is -2.07. The van der Waals surface area contributed by atoms with E-state index >= 15 is 0 Å². The van der Waals surface area contributed by atoms with Crippen molar-refractivity contribution < 1.29 is 23.9 Å². The number of ether oxygens (including phenoxy) is 2. The highest BCUT2D eigenvalue weighted by Crippen LogP contribution is 2.13. The molecule has 6 heteroatoms. The normalized spacial score (nSPS) is 10.0. The van der Waals surface area contributed by atoms with Gasteiger partial charge in [0.1, 0.15) is 5.75 Å². The van der Waals surface area contributed by atoms with E-state index in [1.54, 1.807) is 42.6 Å². The van der Waals surface area contributed by atoms with E-state index < -0.39 is 5.97 Å². The van der Waals surface area contributed by atoms with Crippen LogP contribution in [0.25, 0.3) is 0 Å². The summed E-state index contributed by atoms with van der Waals surface area (Å²) in [5.74, 6) is -0.685. The third kappa shape index (κ3) is 4.31. The van der Waals surface area contributed by atoms with Crippen molar-refractivity contribution in [1.29, 1.82) is 0 Å². The van der Waals surface area contributed by atoms with Crippen LogP contribution in [0, 0.1) is 0 Å². The van der Waals surface area contributed by atoms with E-state index in [2.05, 4.69) is 4.98 Å². The molecule has 0 saturated heterocycles. The van der Waals surface area contributed by atoms with Gasteiger partial charge in [-0.15, -0.1) is 0 Å². The highest BCUT2D eigenvalue weighted by atomic mass is 16.6. The fourth-order valence-electron chi connectivity index (χ4n) is 1.72. The Hall–Kier alpha value is -2.89. The van der Waals surface area contributed by atoms with Gasteiger partial charge in [0, 0.05) is 11.8 Å². The molecule has 0 saturated carbocycles. The van der Waals surface area contributed by atoms with E-state index in [9.17, 15) is 14.4 Å². The number of benzene rings is 1. The Labute approximate surface area is 127 Å². The number of hydrogen-bond acceptors (Lipinski definition) is 5. The molecule has 0 radical (unpaired) electrons. The van der Waals surface area contributed by atoms with Crippen molar-refractivity contribution in [1.82, 2.24) is 4.98 Å². The van der Waals surface area contributed by atoms with Crippen LogP contribution >= 0.6 is 0 Å². The number of hydrogen-bond donors (Lipinski definition) is 1. The van der Waals surface area contributed by atoms with Crippen molar-refractivity contribution in [2.75, 3.05) is 13.2 Å². The largest absolute Gasteiger partial charge is 0.482 e. The number of aromatic nitrogens is 1. The van der Waals surface area contributed by atoms with Crippen LogP contribution in [-0.4, -0.2) is 35.7 Å². The summed E-state index contributed by atoms with van der Waals surface area (Å²) in [4.78, 5) is 37.1. The lowest BCUT2D eigenvalue weighted by Crippen LogP contribution is -2.19. The third-order valence-electron chi connectivity index (χ3n) is 2.86. The van der Waals surface area contributed by atoms with Gasteiger partial charge in [0.15, 0.2) is 19.0 Å². The molecule has 22 heavy (non-hydrogen) atoms. The van der Waals surface area contributed by atoms with Crippen LogP contribution in [0.4, 0.5) is 0 Å². The van der Waals surface area contributed by atoms with Gasteiger partial charge in [0.25, 0.3) is 0 Å². The molecule has 1 aromatic heterocycles. The average Bonchev–Trinajstić information content (AvgIpc) is 3.05. The fourth-order valence-corrected chi connectivity index (χ4v) is 1.72. The predicted octanol–water partition coefficient (Wildman–Crippen LogP) is 2.02. The number of esters is 1. The summed E-state index contributed by atoms with van der Waals surface area (Å²) in [6.07, 6.45) is 1.61. The highest BCUT2D eigenvalue weighted by molar-refractivity contribution is 5.96. The number of H-pyrrole nitrogens is 1. The van der Waals surface area contributed by atoms with Gasteiger partial charge in [-0.3, -0.25) is 9.59 Å². The van der Waals surface area contributed by atoms with Crippen molar-refractivity contribution in [2.24, 2.45) is 0 Å². The molecular formula is C16H15NO5. The van der Waals surface area contributed by atoms with E-state index in [0.29, 0.717) is 17.0 Å². The first-order valence-corrected chi connectivity index (χ1v) is 6.62. The molecule has 2 rings (SSSR count). The molecule has 0 bridgehead atoms. The Morgan fingerprint density at radius 3 is 2.59 bits per heavy atom. The molecule has 0 aliphatic heterocycles. The first kappa shape index (κ1) is 15.5. The zero-order chi connectivity index (χ0) is 15.9. The molecule has 2 aromatic rings. The van der Waals surface area contributed by atoms with Crippen LogP contribution in [0.15, 0.2) is 42.6 Å². The fraction of sp³-hybridized carbons (Fsp3) is 0.188. The van der Waals surface area contributed by atoms with E-state index in [0.717, 1.165) is 0 Å². The van der Waals surface area contributed by atoms with E-state index in [4.69, 9.17) is 9.47 Å². The van der Waals surface area contributed by atoms with Crippen LogP contribution in [-0.2, 0) is 9.53 Å². The van der Waals surface area contributed by atoms with Crippen molar-refractivity contribution in [3.05, 3.63) is 53.9 Å². The Bertz CT molecular complexity index is 676. The Balaban J connectivity index is 1.79. The van der Waals surface area contributed by atoms with E-state index in [1.165, 1.54) is 6.92 Å². The van der Waals surface area contributed by atoms with Gasteiger partial charge >= 0.3 is 5.97 Å². The lowest BCUT2D eigenvalue weighted by molar-refractivity contribution is -0.144. The van der Waals surface area contributed by atoms with Crippen LogP contribution in [0.1, 0.15) is 27.8 Å². The van der Waals surface area contributed by atoms with Gasteiger partial charge in [0.2, 0.25) is 5.78 Å². The van der Waals surface area contributed by atoms with E-state index in [-0.39, 0.29) is 24.8 Å². The van der Waals surface area contributed by atoms with Crippen molar-refractivity contribution in [3.63, 3.8) is 0 Å². The van der Waals surface area contributed by atoms with Gasteiger partial charge in [-0.25, -0.2) is 4.79 Å². The molecule has 0 aliphatic rings. The molecule has 0 amide bonds. The maximum atomic E-state index is 11.6. The van der Waals surface area contributed by atoms with Gasteiger partial charge in [0.05, 0.1) is 5.69 Å². The Kier molecular flexibility index (Phi) is 5.08. The van der Waals surface area contributed by atoms with Crippen LogP contribution in [0.2, 0.25) is 0 Å². The number of aromatic amines is 1. The number of carbonyl (C=O) groups is 3. The second-order valence-electron chi connectivity index (χ2n) is 4.54. The molecule has 0 aliphatic carbocycles. The number of carbonyl (C=O) groups excluding carboxylic acids is 3. The number of Topliss-reactive ketones (excluding diaryl/α,β-unsaturated/α-hetero) is 2. The average molecular weight is 301 g/mol. The summed E-state index contributed by atoms with van der Waals surface area (Å²) >= 11 is 0. The maximum absolute atomic E-state index is 11.6. The topological polar surface area (TPSA) is 85.5 Å². The SMILES string of the molecule is CC(=O)c1cccc(OCC(=O)OCC(=O)c2ccc[nH]2)c1. The summed E-state index contributed by atoms with van der Waals surface area (Å²) in [7, 11) is 0.